The first-order valence-corrected chi connectivity index (χ1v) is 4.98. The predicted octanol–water partition coefficient (Wildman–Crippen LogP) is 0.254. The average molecular weight is 175 g/mol. The van der Waals surface area contributed by atoms with Crippen LogP contribution in [-0.2, 0) is 9.53 Å². The molecular weight excluding hydrogens is 162 g/mol. The summed E-state index contributed by atoms with van der Waals surface area (Å²) in [4.78, 5) is 11.1. The van der Waals surface area contributed by atoms with E-state index >= 15 is 0 Å². The predicted molar refractivity (Wildman–Crippen MR) is 45.7 cm³/mol. The molecule has 0 aliphatic carbocycles. The molecule has 0 aromatic carbocycles. The largest absolute Gasteiger partial charge is 0.465 e. The first-order valence-electron chi connectivity index (χ1n) is 3.82. The minimum Gasteiger partial charge on any atom is -0.465 e. The Labute approximate surface area is 70.9 Å². The Kier molecular flexibility index (Phi) is 3.72. The standard InChI is InChI=1S/C7H13NO2S/c1-2-10-7(9)6-5-11-4-3-8-6/h6,8H,2-5H2,1H3/t6-/m1/s1. The van der Waals surface area contributed by atoms with Gasteiger partial charge in [-0.05, 0) is 6.92 Å². The molecule has 4 heteroatoms. The molecule has 11 heavy (non-hydrogen) atoms. The highest BCUT2D eigenvalue weighted by atomic mass is 32.2. The first kappa shape index (κ1) is 8.87. The summed E-state index contributed by atoms with van der Waals surface area (Å²) < 4.78 is 4.87. The van der Waals surface area contributed by atoms with Gasteiger partial charge in [-0.2, -0.15) is 11.8 Å². The van der Waals surface area contributed by atoms with E-state index in [0.29, 0.717) is 6.61 Å². The molecule has 0 amide bonds. The topological polar surface area (TPSA) is 38.3 Å². The molecule has 0 unspecified atom stereocenters. The first-order chi connectivity index (χ1) is 5.34. The molecule has 1 aliphatic rings. The molecular formula is C7H13NO2S. The van der Waals surface area contributed by atoms with Crippen molar-refractivity contribution >= 4 is 17.7 Å². The summed E-state index contributed by atoms with van der Waals surface area (Å²) in [7, 11) is 0. The monoisotopic (exact) mass is 175 g/mol. The number of nitrogens with one attached hydrogen (secondary N) is 1. The lowest BCUT2D eigenvalue weighted by Crippen LogP contribution is -2.44. The van der Waals surface area contributed by atoms with Crippen molar-refractivity contribution < 1.29 is 9.53 Å². The smallest absolute Gasteiger partial charge is 0.323 e. The Bertz CT molecular complexity index is 134. The van der Waals surface area contributed by atoms with E-state index in [1.54, 1.807) is 11.8 Å². The number of thioether (sulfide) groups is 1. The second-order valence-corrected chi connectivity index (χ2v) is 3.48. The molecule has 1 saturated heterocycles. The molecule has 1 fully saturated rings. The molecule has 1 aliphatic heterocycles. The molecule has 0 bridgehead atoms. The maximum absolute atomic E-state index is 11.1. The quantitative estimate of drug-likeness (QED) is 0.611. The van der Waals surface area contributed by atoms with E-state index < -0.39 is 0 Å². The summed E-state index contributed by atoms with van der Waals surface area (Å²) in [6.45, 7) is 3.21. The molecule has 64 valence electrons. The summed E-state index contributed by atoms with van der Waals surface area (Å²) in [6.07, 6.45) is 0. The lowest BCUT2D eigenvalue weighted by Gasteiger charge is -2.20. The highest BCUT2D eigenvalue weighted by Gasteiger charge is 2.21. The van der Waals surface area contributed by atoms with Crippen LogP contribution in [0.1, 0.15) is 6.92 Å². The molecule has 1 heterocycles. The number of esters is 1. The Hall–Kier alpha value is -0.220. The fraction of sp³-hybridized carbons (Fsp3) is 0.857. The van der Waals surface area contributed by atoms with Crippen LogP contribution in [0.15, 0.2) is 0 Å². The number of ether oxygens (including phenoxy) is 1. The van der Waals surface area contributed by atoms with E-state index in [9.17, 15) is 4.79 Å². The van der Waals surface area contributed by atoms with Crippen LogP contribution in [0.3, 0.4) is 0 Å². The van der Waals surface area contributed by atoms with Crippen LogP contribution in [0.4, 0.5) is 0 Å². The zero-order valence-corrected chi connectivity index (χ0v) is 7.45. The summed E-state index contributed by atoms with van der Waals surface area (Å²) in [5, 5.41) is 3.11. The van der Waals surface area contributed by atoms with Crippen LogP contribution in [0.25, 0.3) is 0 Å². The number of hydrogen-bond acceptors (Lipinski definition) is 4. The van der Waals surface area contributed by atoms with Gasteiger partial charge >= 0.3 is 5.97 Å². The summed E-state index contributed by atoms with van der Waals surface area (Å²) in [6, 6.07) is -0.0753. The molecule has 0 aromatic heterocycles. The van der Waals surface area contributed by atoms with E-state index in [1.807, 2.05) is 6.92 Å². The van der Waals surface area contributed by atoms with E-state index in [1.165, 1.54) is 0 Å². The van der Waals surface area contributed by atoms with Gasteiger partial charge in [0.2, 0.25) is 0 Å². The number of hydrogen-bond donors (Lipinski definition) is 1. The van der Waals surface area contributed by atoms with Gasteiger partial charge in [0.1, 0.15) is 6.04 Å². The number of rotatable bonds is 2. The third-order valence-corrected chi connectivity index (χ3v) is 2.55. The van der Waals surface area contributed by atoms with Crippen molar-refractivity contribution in [3.8, 4) is 0 Å². The van der Waals surface area contributed by atoms with Crippen molar-refractivity contribution in [2.45, 2.75) is 13.0 Å². The number of carbonyl (C=O) groups is 1. The molecule has 0 aromatic rings. The normalized spacial score (nSPS) is 24.6. The highest BCUT2D eigenvalue weighted by Crippen LogP contribution is 2.08. The van der Waals surface area contributed by atoms with Crippen LogP contribution in [-0.4, -0.2) is 36.7 Å². The van der Waals surface area contributed by atoms with Gasteiger partial charge in [-0.25, -0.2) is 0 Å². The van der Waals surface area contributed by atoms with Crippen molar-refractivity contribution in [2.24, 2.45) is 0 Å². The molecule has 0 spiro atoms. The van der Waals surface area contributed by atoms with E-state index in [-0.39, 0.29) is 12.0 Å². The van der Waals surface area contributed by atoms with Gasteiger partial charge in [-0.15, -0.1) is 0 Å². The van der Waals surface area contributed by atoms with E-state index in [2.05, 4.69) is 5.32 Å². The third kappa shape index (κ3) is 2.71. The summed E-state index contributed by atoms with van der Waals surface area (Å²) >= 11 is 1.79. The lowest BCUT2D eigenvalue weighted by molar-refractivity contribution is -0.145. The number of carbonyl (C=O) groups excluding carboxylic acids is 1. The SMILES string of the molecule is CCOC(=O)[C@H]1CSCCN1. The van der Waals surface area contributed by atoms with Crippen molar-refractivity contribution in [3.63, 3.8) is 0 Å². The van der Waals surface area contributed by atoms with Crippen LogP contribution >= 0.6 is 11.8 Å². The van der Waals surface area contributed by atoms with Crippen LogP contribution in [0.2, 0.25) is 0 Å². The van der Waals surface area contributed by atoms with E-state index in [4.69, 9.17) is 4.74 Å². The maximum Gasteiger partial charge on any atom is 0.323 e. The Morgan fingerprint density at radius 3 is 3.18 bits per heavy atom. The molecule has 0 radical (unpaired) electrons. The van der Waals surface area contributed by atoms with Crippen molar-refractivity contribution in [1.29, 1.82) is 0 Å². The zero-order valence-electron chi connectivity index (χ0n) is 6.63. The minimum absolute atomic E-state index is 0.0753. The zero-order chi connectivity index (χ0) is 8.10. The maximum atomic E-state index is 11.1. The van der Waals surface area contributed by atoms with Gasteiger partial charge in [-0.3, -0.25) is 4.79 Å². The molecule has 1 N–H and O–H groups in total. The van der Waals surface area contributed by atoms with Gasteiger partial charge < -0.3 is 10.1 Å². The lowest BCUT2D eigenvalue weighted by atomic mass is 10.3. The molecule has 1 rings (SSSR count). The second kappa shape index (κ2) is 4.62. The molecule has 3 nitrogen and oxygen atoms in total. The summed E-state index contributed by atoms with van der Waals surface area (Å²) in [5.41, 5.74) is 0. The Morgan fingerprint density at radius 2 is 2.64 bits per heavy atom. The fourth-order valence-corrected chi connectivity index (χ4v) is 1.88. The fourth-order valence-electron chi connectivity index (χ4n) is 0.960. The van der Waals surface area contributed by atoms with Crippen LogP contribution in [0, 0.1) is 0 Å². The molecule has 1 atom stereocenters. The average Bonchev–Trinajstić information content (AvgIpc) is 2.07. The van der Waals surface area contributed by atoms with Crippen molar-refractivity contribution in [2.75, 3.05) is 24.7 Å². The minimum atomic E-state index is -0.111. The van der Waals surface area contributed by atoms with Crippen molar-refractivity contribution in [3.05, 3.63) is 0 Å². The van der Waals surface area contributed by atoms with Gasteiger partial charge in [0.05, 0.1) is 6.61 Å². The third-order valence-electron chi connectivity index (χ3n) is 1.49. The van der Waals surface area contributed by atoms with Crippen LogP contribution in [0.5, 0.6) is 0 Å². The molecule has 0 saturated carbocycles. The van der Waals surface area contributed by atoms with Gasteiger partial charge in [-0.1, -0.05) is 0 Å². The Balaban J connectivity index is 2.27. The van der Waals surface area contributed by atoms with Crippen LogP contribution < -0.4 is 5.32 Å². The van der Waals surface area contributed by atoms with Gasteiger partial charge in [0, 0.05) is 18.1 Å². The van der Waals surface area contributed by atoms with Gasteiger partial charge in [0.25, 0.3) is 0 Å². The van der Waals surface area contributed by atoms with Crippen molar-refractivity contribution in [1.82, 2.24) is 5.32 Å². The highest BCUT2D eigenvalue weighted by molar-refractivity contribution is 7.99. The summed E-state index contributed by atoms with van der Waals surface area (Å²) in [5.74, 6) is 1.83. The Morgan fingerprint density at radius 1 is 1.82 bits per heavy atom. The van der Waals surface area contributed by atoms with Gasteiger partial charge in [0.15, 0.2) is 0 Å². The second-order valence-electron chi connectivity index (χ2n) is 2.33. The van der Waals surface area contributed by atoms with E-state index in [0.717, 1.165) is 18.1 Å².